The molecule has 2 atom stereocenters. The highest BCUT2D eigenvalue weighted by atomic mass is 16.6. The zero-order chi connectivity index (χ0) is 17.8. The molecule has 0 saturated carbocycles. The first-order valence-corrected chi connectivity index (χ1v) is 7.93. The summed E-state index contributed by atoms with van der Waals surface area (Å²) in [6, 6.07) is 0. The third-order valence-electron chi connectivity index (χ3n) is 3.56. The molecule has 0 aromatic carbocycles. The lowest BCUT2D eigenvalue weighted by atomic mass is 10.0. The van der Waals surface area contributed by atoms with Crippen molar-refractivity contribution in [3.8, 4) is 0 Å². The summed E-state index contributed by atoms with van der Waals surface area (Å²) < 4.78 is 4.82. The van der Waals surface area contributed by atoms with Crippen LogP contribution in [-0.2, 0) is 23.9 Å². The van der Waals surface area contributed by atoms with Crippen molar-refractivity contribution in [3.05, 3.63) is 0 Å². The van der Waals surface area contributed by atoms with Crippen LogP contribution in [0.5, 0.6) is 0 Å². The molecule has 0 rings (SSSR count). The number of hydrogen-bond acceptors (Lipinski definition) is 5. The zero-order valence-electron chi connectivity index (χ0n) is 13.7. The van der Waals surface area contributed by atoms with Crippen LogP contribution in [0.4, 0.5) is 0 Å². The first kappa shape index (κ1) is 21.1. The molecule has 0 aromatic heterocycles. The van der Waals surface area contributed by atoms with Crippen molar-refractivity contribution in [2.45, 2.75) is 65.2 Å². The number of aliphatic carboxylic acids is 2. The van der Waals surface area contributed by atoms with Gasteiger partial charge in [0.15, 0.2) is 0 Å². The van der Waals surface area contributed by atoms with Gasteiger partial charge in [-0.2, -0.15) is 0 Å². The fourth-order valence-corrected chi connectivity index (χ4v) is 1.99. The highest BCUT2D eigenvalue weighted by molar-refractivity contribution is 5.87. The predicted octanol–water partition coefficient (Wildman–Crippen LogP) is 2.62. The smallest absolute Gasteiger partial charge is 0.316 e. The Balaban J connectivity index is 3.95. The molecule has 132 valence electrons. The largest absolute Gasteiger partial charge is 0.481 e. The number of esters is 2. The number of unbranched alkanes of at least 4 members (excludes halogenated alkanes) is 2. The van der Waals surface area contributed by atoms with Crippen LogP contribution in [0.25, 0.3) is 0 Å². The van der Waals surface area contributed by atoms with Crippen LogP contribution in [-0.4, -0.2) is 34.1 Å². The van der Waals surface area contributed by atoms with Gasteiger partial charge in [0.2, 0.25) is 0 Å². The van der Waals surface area contributed by atoms with Crippen LogP contribution in [0, 0.1) is 11.8 Å². The Hall–Kier alpha value is -1.92. The zero-order valence-corrected chi connectivity index (χ0v) is 13.7. The minimum Gasteiger partial charge on any atom is -0.481 e. The van der Waals surface area contributed by atoms with Crippen molar-refractivity contribution >= 4 is 23.9 Å². The van der Waals surface area contributed by atoms with Gasteiger partial charge in [0, 0.05) is 12.8 Å². The molecule has 23 heavy (non-hydrogen) atoms. The summed E-state index contributed by atoms with van der Waals surface area (Å²) in [4.78, 5) is 44.3. The molecule has 0 aromatic rings. The molecule has 0 radical (unpaired) electrons. The van der Waals surface area contributed by atoms with Gasteiger partial charge in [0.1, 0.15) is 0 Å². The standard InChI is InChI=1S/C16H26O7/c1-11(7-3-5-9-13(17)18)15(21)23-16(22)12(2)8-4-6-10-14(19)20/h11-12H,3-10H2,1-2H3,(H,17,18)(H,19,20). The minimum absolute atomic E-state index is 0.0636. The van der Waals surface area contributed by atoms with E-state index in [2.05, 4.69) is 0 Å². The number of carbonyl (C=O) groups is 4. The highest BCUT2D eigenvalue weighted by Gasteiger charge is 2.22. The second-order valence-corrected chi connectivity index (χ2v) is 5.82. The monoisotopic (exact) mass is 330 g/mol. The lowest BCUT2D eigenvalue weighted by Gasteiger charge is -2.13. The Kier molecular flexibility index (Phi) is 10.7. The fourth-order valence-electron chi connectivity index (χ4n) is 1.99. The summed E-state index contributed by atoms with van der Waals surface area (Å²) in [5.41, 5.74) is 0. The first-order chi connectivity index (χ1) is 10.7. The fraction of sp³-hybridized carbons (Fsp3) is 0.750. The van der Waals surface area contributed by atoms with Crippen molar-refractivity contribution in [2.24, 2.45) is 11.8 Å². The van der Waals surface area contributed by atoms with Gasteiger partial charge >= 0.3 is 23.9 Å². The number of rotatable bonds is 12. The lowest BCUT2D eigenvalue weighted by molar-refractivity contribution is -0.165. The van der Waals surface area contributed by atoms with Gasteiger partial charge in [-0.25, -0.2) is 0 Å². The van der Waals surface area contributed by atoms with Crippen molar-refractivity contribution in [1.82, 2.24) is 0 Å². The predicted molar refractivity (Wildman–Crippen MR) is 81.6 cm³/mol. The number of carboxylic acids is 2. The number of carboxylic acid groups (broad SMARTS) is 2. The second kappa shape index (κ2) is 11.6. The molecular weight excluding hydrogens is 304 g/mol. The van der Waals surface area contributed by atoms with Crippen LogP contribution < -0.4 is 0 Å². The lowest BCUT2D eigenvalue weighted by Crippen LogP contribution is -2.23. The Labute approximate surface area is 136 Å². The van der Waals surface area contributed by atoms with Gasteiger partial charge in [-0.15, -0.1) is 0 Å². The Morgan fingerprint density at radius 2 is 1.09 bits per heavy atom. The summed E-state index contributed by atoms with van der Waals surface area (Å²) in [7, 11) is 0. The Morgan fingerprint density at radius 1 is 0.739 bits per heavy atom. The van der Waals surface area contributed by atoms with E-state index in [0.717, 1.165) is 0 Å². The van der Waals surface area contributed by atoms with Crippen molar-refractivity contribution in [3.63, 3.8) is 0 Å². The van der Waals surface area contributed by atoms with Gasteiger partial charge in [-0.1, -0.05) is 26.7 Å². The van der Waals surface area contributed by atoms with Crippen molar-refractivity contribution < 1.29 is 34.1 Å². The van der Waals surface area contributed by atoms with Gasteiger partial charge in [-0.3, -0.25) is 19.2 Å². The summed E-state index contributed by atoms with van der Waals surface area (Å²) in [5.74, 6) is -3.83. The molecule has 7 nitrogen and oxygen atoms in total. The number of carbonyl (C=O) groups excluding carboxylic acids is 2. The maximum absolute atomic E-state index is 11.8. The third kappa shape index (κ3) is 11.3. The maximum atomic E-state index is 11.8. The molecule has 0 aliphatic heterocycles. The highest BCUT2D eigenvalue weighted by Crippen LogP contribution is 2.15. The van der Waals surface area contributed by atoms with E-state index >= 15 is 0 Å². The molecular formula is C16H26O7. The molecule has 0 amide bonds. The normalized spacial score (nSPS) is 13.1. The molecule has 2 unspecified atom stereocenters. The quantitative estimate of drug-likeness (QED) is 0.321. The third-order valence-corrected chi connectivity index (χ3v) is 3.56. The summed E-state index contributed by atoms with van der Waals surface area (Å²) in [6.45, 7) is 3.29. The van der Waals surface area contributed by atoms with Crippen LogP contribution in [0.15, 0.2) is 0 Å². The molecule has 0 bridgehead atoms. The average molecular weight is 330 g/mol. The van der Waals surface area contributed by atoms with Crippen molar-refractivity contribution in [1.29, 1.82) is 0 Å². The second-order valence-electron chi connectivity index (χ2n) is 5.82. The summed E-state index contributed by atoms with van der Waals surface area (Å²) in [5, 5.41) is 17.0. The topological polar surface area (TPSA) is 118 Å². The van der Waals surface area contributed by atoms with E-state index in [4.69, 9.17) is 14.9 Å². The van der Waals surface area contributed by atoms with E-state index in [0.29, 0.717) is 38.5 Å². The van der Waals surface area contributed by atoms with E-state index < -0.39 is 35.7 Å². The SMILES string of the molecule is CC(CCCCC(=O)O)C(=O)OC(=O)C(C)CCCCC(=O)O. The molecule has 0 spiro atoms. The molecule has 2 N–H and O–H groups in total. The first-order valence-electron chi connectivity index (χ1n) is 7.93. The van der Waals surface area contributed by atoms with Crippen LogP contribution in [0.1, 0.15) is 65.2 Å². The number of hydrogen-bond donors (Lipinski definition) is 2. The van der Waals surface area contributed by atoms with Crippen LogP contribution in [0.3, 0.4) is 0 Å². The Bertz CT molecular complexity index is 379. The summed E-state index contributed by atoms with van der Waals surface area (Å²) >= 11 is 0. The van der Waals surface area contributed by atoms with Gasteiger partial charge in [0.25, 0.3) is 0 Å². The van der Waals surface area contributed by atoms with E-state index in [1.54, 1.807) is 13.8 Å². The van der Waals surface area contributed by atoms with Gasteiger partial charge in [-0.05, 0) is 25.7 Å². The maximum Gasteiger partial charge on any atom is 0.316 e. The number of ether oxygens (including phenoxy) is 1. The molecule has 0 saturated heterocycles. The molecule has 0 aliphatic rings. The van der Waals surface area contributed by atoms with E-state index in [1.165, 1.54) is 0 Å². The average Bonchev–Trinajstić information content (AvgIpc) is 2.46. The van der Waals surface area contributed by atoms with Crippen LogP contribution in [0.2, 0.25) is 0 Å². The van der Waals surface area contributed by atoms with Crippen molar-refractivity contribution in [2.75, 3.05) is 0 Å². The van der Waals surface area contributed by atoms with Crippen LogP contribution >= 0.6 is 0 Å². The minimum atomic E-state index is -0.868. The van der Waals surface area contributed by atoms with E-state index in [1.807, 2.05) is 0 Å². The molecule has 7 heteroatoms. The molecule has 0 heterocycles. The van der Waals surface area contributed by atoms with E-state index in [9.17, 15) is 19.2 Å². The Morgan fingerprint density at radius 3 is 1.39 bits per heavy atom. The van der Waals surface area contributed by atoms with Gasteiger partial charge in [0.05, 0.1) is 11.8 Å². The van der Waals surface area contributed by atoms with Gasteiger partial charge < -0.3 is 14.9 Å². The summed E-state index contributed by atoms with van der Waals surface area (Å²) in [6.07, 6.45) is 3.23. The molecule has 0 fully saturated rings. The van der Waals surface area contributed by atoms with E-state index in [-0.39, 0.29) is 12.8 Å². The molecule has 0 aliphatic carbocycles.